The van der Waals surface area contributed by atoms with Gasteiger partial charge in [-0.2, -0.15) is 0 Å². The molecule has 1 aliphatic heterocycles. The van der Waals surface area contributed by atoms with E-state index in [0.29, 0.717) is 13.0 Å². The zero-order valence-corrected chi connectivity index (χ0v) is 10.6. The fraction of sp³-hybridized carbons (Fsp3) is 0.429. The van der Waals surface area contributed by atoms with Gasteiger partial charge in [0.1, 0.15) is 5.92 Å². The number of nitrogens with zero attached hydrogens (tertiary/aromatic N) is 1. The molecule has 0 unspecified atom stereocenters. The largest absolute Gasteiger partial charge is 0.468 e. The number of esters is 1. The molecule has 4 heteroatoms. The lowest BCUT2D eigenvalue weighted by atomic mass is 10.1. The van der Waals surface area contributed by atoms with Crippen LogP contribution in [0.15, 0.2) is 30.3 Å². The Balaban J connectivity index is 2.12. The molecule has 96 valence electrons. The molecule has 1 aliphatic rings. The zero-order valence-electron chi connectivity index (χ0n) is 10.6. The summed E-state index contributed by atoms with van der Waals surface area (Å²) in [7, 11) is 1.32. The smallest absolute Gasteiger partial charge is 0.318 e. The van der Waals surface area contributed by atoms with Crippen molar-refractivity contribution in [1.82, 2.24) is 4.90 Å². The van der Waals surface area contributed by atoms with Crippen molar-refractivity contribution < 1.29 is 14.3 Å². The van der Waals surface area contributed by atoms with Crippen molar-refractivity contribution in [1.29, 1.82) is 0 Å². The molecule has 0 spiro atoms. The summed E-state index contributed by atoms with van der Waals surface area (Å²) in [4.78, 5) is 25.4. The van der Waals surface area contributed by atoms with Crippen molar-refractivity contribution in [3.05, 3.63) is 35.9 Å². The van der Waals surface area contributed by atoms with Crippen molar-refractivity contribution in [3.63, 3.8) is 0 Å². The van der Waals surface area contributed by atoms with Gasteiger partial charge in [-0.25, -0.2) is 0 Å². The van der Waals surface area contributed by atoms with Crippen LogP contribution in [0, 0.1) is 5.92 Å². The number of benzene rings is 1. The van der Waals surface area contributed by atoms with Crippen LogP contribution in [0.5, 0.6) is 0 Å². The van der Waals surface area contributed by atoms with Crippen molar-refractivity contribution >= 4 is 11.9 Å². The molecular weight excluding hydrogens is 230 g/mol. The van der Waals surface area contributed by atoms with Crippen LogP contribution in [0.1, 0.15) is 24.9 Å². The van der Waals surface area contributed by atoms with Gasteiger partial charge in [0.25, 0.3) is 0 Å². The number of likely N-dealkylation sites (tertiary alicyclic amines) is 1. The van der Waals surface area contributed by atoms with Crippen LogP contribution in [-0.2, 0) is 14.3 Å². The quantitative estimate of drug-likeness (QED) is 0.604. The van der Waals surface area contributed by atoms with Gasteiger partial charge >= 0.3 is 5.97 Å². The molecule has 18 heavy (non-hydrogen) atoms. The van der Waals surface area contributed by atoms with E-state index in [1.807, 2.05) is 37.3 Å². The average molecular weight is 247 g/mol. The maximum atomic E-state index is 12.1. The predicted molar refractivity (Wildman–Crippen MR) is 66.7 cm³/mol. The summed E-state index contributed by atoms with van der Waals surface area (Å²) in [5.74, 6) is -1.18. The van der Waals surface area contributed by atoms with E-state index in [2.05, 4.69) is 4.74 Å². The molecule has 1 aromatic rings. The van der Waals surface area contributed by atoms with Crippen LogP contribution in [0.4, 0.5) is 0 Å². The lowest BCUT2D eigenvalue weighted by molar-refractivity contribution is -0.150. The highest BCUT2D eigenvalue weighted by atomic mass is 16.5. The zero-order chi connectivity index (χ0) is 13.1. The minimum atomic E-state index is -0.624. The number of hydrogen-bond donors (Lipinski definition) is 0. The predicted octanol–water partition coefficient (Wildman–Crippen LogP) is 1.77. The summed E-state index contributed by atoms with van der Waals surface area (Å²) in [6, 6.07) is 9.81. The molecule has 1 aromatic carbocycles. The van der Waals surface area contributed by atoms with Gasteiger partial charge < -0.3 is 9.64 Å². The Hall–Kier alpha value is -1.84. The lowest BCUT2D eigenvalue weighted by Gasteiger charge is -2.25. The highest BCUT2D eigenvalue weighted by molar-refractivity contribution is 5.99. The van der Waals surface area contributed by atoms with Crippen molar-refractivity contribution in [2.75, 3.05) is 13.7 Å². The Morgan fingerprint density at radius 1 is 1.39 bits per heavy atom. The van der Waals surface area contributed by atoms with E-state index in [4.69, 9.17) is 0 Å². The van der Waals surface area contributed by atoms with E-state index in [1.54, 1.807) is 4.90 Å². The van der Waals surface area contributed by atoms with Crippen LogP contribution >= 0.6 is 0 Å². The third kappa shape index (κ3) is 2.23. The summed E-state index contributed by atoms with van der Waals surface area (Å²) in [5, 5.41) is 0. The van der Waals surface area contributed by atoms with Crippen LogP contribution in [0.2, 0.25) is 0 Å². The number of carbonyl (C=O) groups is 2. The van der Waals surface area contributed by atoms with Crippen LogP contribution < -0.4 is 0 Å². The van der Waals surface area contributed by atoms with E-state index < -0.39 is 11.9 Å². The third-order valence-corrected chi connectivity index (χ3v) is 3.48. The van der Waals surface area contributed by atoms with Gasteiger partial charge in [0.15, 0.2) is 0 Å². The first-order chi connectivity index (χ1) is 8.65. The van der Waals surface area contributed by atoms with Gasteiger partial charge in [-0.15, -0.1) is 0 Å². The number of ether oxygens (including phenoxy) is 1. The molecule has 1 amide bonds. The summed E-state index contributed by atoms with van der Waals surface area (Å²) < 4.78 is 4.65. The molecule has 1 heterocycles. The van der Waals surface area contributed by atoms with E-state index in [1.165, 1.54) is 7.11 Å². The van der Waals surface area contributed by atoms with Gasteiger partial charge in [-0.1, -0.05) is 30.3 Å². The summed E-state index contributed by atoms with van der Waals surface area (Å²) in [6.07, 6.45) is 0.544. The minimum absolute atomic E-state index is 0.00615. The number of carbonyl (C=O) groups excluding carboxylic acids is 2. The molecule has 2 atom stereocenters. The van der Waals surface area contributed by atoms with Gasteiger partial charge in [0.05, 0.1) is 13.2 Å². The second-order valence-corrected chi connectivity index (χ2v) is 4.48. The summed E-state index contributed by atoms with van der Waals surface area (Å²) in [5.41, 5.74) is 1.08. The molecule has 4 nitrogen and oxygen atoms in total. The van der Waals surface area contributed by atoms with Crippen LogP contribution in [0.3, 0.4) is 0 Å². The molecule has 0 aliphatic carbocycles. The molecule has 0 bridgehead atoms. The van der Waals surface area contributed by atoms with E-state index in [-0.39, 0.29) is 11.9 Å². The van der Waals surface area contributed by atoms with E-state index in [0.717, 1.165) is 5.56 Å². The fourth-order valence-corrected chi connectivity index (χ4v) is 2.36. The van der Waals surface area contributed by atoms with Crippen molar-refractivity contribution in [2.24, 2.45) is 5.92 Å². The molecule has 1 fully saturated rings. The van der Waals surface area contributed by atoms with Crippen molar-refractivity contribution in [2.45, 2.75) is 19.4 Å². The van der Waals surface area contributed by atoms with Crippen molar-refractivity contribution in [3.8, 4) is 0 Å². The molecule has 0 N–H and O–H groups in total. The monoisotopic (exact) mass is 247 g/mol. The van der Waals surface area contributed by atoms with Gasteiger partial charge in [0.2, 0.25) is 5.91 Å². The van der Waals surface area contributed by atoms with Gasteiger partial charge in [-0.3, -0.25) is 9.59 Å². The molecule has 0 aromatic heterocycles. The second kappa shape index (κ2) is 5.21. The molecular formula is C14H17NO3. The highest BCUT2D eigenvalue weighted by Crippen LogP contribution is 2.28. The maximum Gasteiger partial charge on any atom is 0.318 e. The third-order valence-electron chi connectivity index (χ3n) is 3.48. The molecule has 0 saturated carbocycles. The topological polar surface area (TPSA) is 46.6 Å². The number of methoxy groups -OCH3 is 1. The Morgan fingerprint density at radius 2 is 2.06 bits per heavy atom. The fourth-order valence-electron chi connectivity index (χ4n) is 2.36. The van der Waals surface area contributed by atoms with Crippen LogP contribution in [-0.4, -0.2) is 30.4 Å². The SMILES string of the molecule is COC(=O)[C@@H]1CCN([C@H](C)c2ccccc2)C1=O. The molecule has 1 saturated heterocycles. The second-order valence-electron chi connectivity index (χ2n) is 4.48. The highest BCUT2D eigenvalue weighted by Gasteiger charge is 2.39. The summed E-state index contributed by atoms with van der Waals surface area (Å²) >= 11 is 0. The van der Waals surface area contributed by atoms with Crippen LogP contribution in [0.25, 0.3) is 0 Å². The standard InChI is InChI=1S/C14H17NO3/c1-10(11-6-4-3-5-7-11)15-9-8-12(13(15)16)14(17)18-2/h3-7,10,12H,8-9H2,1-2H3/t10-,12-/m1/s1. The number of hydrogen-bond acceptors (Lipinski definition) is 3. The number of amides is 1. The molecule has 0 radical (unpaired) electrons. The average Bonchev–Trinajstić information content (AvgIpc) is 2.80. The lowest BCUT2D eigenvalue weighted by Crippen LogP contribution is -2.32. The first-order valence-electron chi connectivity index (χ1n) is 6.08. The Labute approximate surface area is 107 Å². The Kier molecular flexibility index (Phi) is 3.65. The number of rotatable bonds is 3. The first kappa shape index (κ1) is 12.6. The minimum Gasteiger partial charge on any atom is -0.468 e. The van der Waals surface area contributed by atoms with Gasteiger partial charge in [0, 0.05) is 6.54 Å². The van der Waals surface area contributed by atoms with E-state index >= 15 is 0 Å². The Bertz CT molecular complexity index is 444. The van der Waals surface area contributed by atoms with Gasteiger partial charge in [-0.05, 0) is 18.9 Å². The normalized spacial score (nSPS) is 20.9. The first-order valence-corrected chi connectivity index (χ1v) is 6.08. The van der Waals surface area contributed by atoms with E-state index in [9.17, 15) is 9.59 Å². The summed E-state index contributed by atoms with van der Waals surface area (Å²) in [6.45, 7) is 2.58. The molecule has 2 rings (SSSR count). The Morgan fingerprint density at radius 3 is 2.67 bits per heavy atom. The maximum absolute atomic E-state index is 12.1.